The number of phenols is 2. The van der Waals surface area contributed by atoms with Gasteiger partial charge in [0.15, 0.2) is 11.5 Å². The number of hydrogen-bond acceptors (Lipinski definition) is 4. The summed E-state index contributed by atoms with van der Waals surface area (Å²) in [5.74, 6) is -0.815. The molecular formula is C10H11NO4. The van der Waals surface area contributed by atoms with Crippen LogP contribution in [0.25, 0.3) is 0 Å². The summed E-state index contributed by atoms with van der Waals surface area (Å²) in [6, 6.07) is 4.00. The van der Waals surface area contributed by atoms with Gasteiger partial charge in [-0.3, -0.25) is 4.79 Å². The Balaban J connectivity index is 2.07. The number of amides is 1. The highest BCUT2D eigenvalue weighted by Gasteiger charge is 2.21. The zero-order chi connectivity index (χ0) is 10.8. The zero-order valence-electron chi connectivity index (χ0n) is 7.93. The Kier molecular flexibility index (Phi) is 2.47. The van der Waals surface area contributed by atoms with Crippen LogP contribution in [0.2, 0.25) is 0 Å². The second-order valence-corrected chi connectivity index (χ2v) is 3.41. The molecule has 1 aliphatic heterocycles. The second-order valence-electron chi connectivity index (χ2n) is 3.41. The zero-order valence-corrected chi connectivity index (χ0v) is 7.93. The van der Waals surface area contributed by atoms with Gasteiger partial charge in [0.2, 0.25) is 0 Å². The van der Waals surface area contributed by atoms with E-state index in [-0.39, 0.29) is 23.4 Å². The smallest absolute Gasteiger partial charge is 0.251 e. The van der Waals surface area contributed by atoms with Crippen molar-refractivity contribution in [2.24, 2.45) is 0 Å². The Morgan fingerprint density at radius 3 is 2.60 bits per heavy atom. The molecule has 0 bridgehead atoms. The average Bonchev–Trinajstić information content (AvgIpc) is 2.15. The first-order valence-corrected chi connectivity index (χ1v) is 4.57. The number of phenolic OH excluding ortho intramolecular Hbond substituents is 2. The van der Waals surface area contributed by atoms with Gasteiger partial charge in [-0.2, -0.15) is 0 Å². The van der Waals surface area contributed by atoms with Crippen molar-refractivity contribution in [2.75, 3.05) is 13.2 Å². The lowest BCUT2D eigenvalue weighted by molar-refractivity contribution is -0.00346. The first-order valence-electron chi connectivity index (χ1n) is 4.57. The van der Waals surface area contributed by atoms with Crippen LogP contribution in [0.3, 0.4) is 0 Å². The van der Waals surface area contributed by atoms with Crippen LogP contribution < -0.4 is 5.32 Å². The van der Waals surface area contributed by atoms with Gasteiger partial charge in [-0.25, -0.2) is 0 Å². The minimum absolute atomic E-state index is 0.0495. The van der Waals surface area contributed by atoms with E-state index in [1.54, 1.807) is 0 Å². The molecule has 15 heavy (non-hydrogen) atoms. The van der Waals surface area contributed by atoms with E-state index >= 15 is 0 Å². The molecule has 0 saturated carbocycles. The molecule has 0 unspecified atom stereocenters. The van der Waals surface area contributed by atoms with Gasteiger partial charge in [0.05, 0.1) is 19.3 Å². The predicted octanol–water partition coefficient (Wildman–Crippen LogP) is 0.226. The minimum Gasteiger partial charge on any atom is -0.504 e. The molecule has 5 heteroatoms. The van der Waals surface area contributed by atoms with E-state index in [9.17, 15) is 9.90 Å². The monoisotopic (exact) mass is 209 g/mol. The van der Waals surface area contributed by atoms with Crippen molar-refractivity contribution in [3.8, 4) is 11.5 Å². The lowest BCUT2D eigenvalue weighted by Gasteiger charge is -2.26. The maximum atomic E-state index is 11.6. The third kappa shape index (κ3) is 2.02. The van der Waals surface area contributed by atoms with E-state index in [1.807, 2.05) is 0 Å². The topological polar surface area (TPSA) is 78.8 Å². The molecule has 80 valence electrons. The summed E-state index contributed by atoms with van der Waals surface area (Å²) in [5, 5.41) is 21.0. The maximum Gasteiger partial charge on any atom is 0.251 e. The predicted molar refractivity (Wildman–Crippen MR) is 51.8 cm³/mol. The lowest BCUT2D eigenvalue weighted by Crippen LogP contribution is -2.48. The fraction of sp³-hybridized carbons (Fsp3) is 0.300. The Morgan fingerprint density at radius 1 is 1.33 bits per heavy atom. The van der Waals surface area contributed by atoms with E-state index in [0.717, 1.165) is 0 Å². The first-order chi connectivity index (χ1) is 7.16. The van der Waals surface area contributed by atoms with E-state index in [0.29, 0.717) is 18.8 Å². The molecule has 1 heterocycles. The summed E-state index contributed by atoms with van der Waals surface area (Å²) >= 11 is 0. The van der Waals surface area contributed by atoms with Crippen molar-refractivity contribution < 1.29 is 19.7 Å². The summed E-state index contributed by atoms with van der Waals surface area (Å²) < 4.78 is 4.91. The van der Waals surface area contributed by atoms with Crippen LogP contribution in [0, 0.1) is 0 Å². The van der Waals surface area contributed by atoms with Gasteiger partial charge in [0, 0.05) is 5.56 Å². The van der Waals surface area contributed by atoms with Crippen LogP contribution in [0.5, 0.6) is 11.5 Å². The molecule has 1 aromatic carbocycles. The van der Waals surface area contributed by atoms with Crippen LogP contribution in [0.4, 0.5) is 0 Å². The lowest BCUT2D eigenvalue weighted by atomic mass is 10.1. The highest BCUT2D eigenvalue weighted by Crippen LogP contribution is 2.24. The minimum atomic E-state index is -0.299. The summed E-state index contributed by atoms with van der Waals surface area (Å²) in [7, 11) is 0. The number of carbonyl (C=O) groups excluding carboxylic acids is 1. The summed E-state index contributed by atoms with van der Waals surface area (Å²) in [4.78, 5) is 11.6. The number of carbonyl (C=O) groups is 1. The van der Waals surface area contributed by atoms with Crippen molar-refractivity contribution in [1.29, 1.82) is 0 Å². The average molecular weight is 209 g/mol. The van der Waals surface area contributed by atoms with Crippen molar-refractivity contribution in [3.05, 3.63) is 23.8 Å². The highest BCUT2D eigenvalue weighted by atomic mass is 16.5. The van der Waals surface area contributed by atoms with Crippen LogP contribution in [0.1, 0.15) is 10.4 Å². The van der Waals surface area contributed by atoms with Gasteiger partial charge in [-0.05, 0) is 18.2 Å². The first kappa shape index (κ1) is 9.79. The molecule has 2 rings (SSSR count). The van der Waals surface area contributed by atoms with Gasteiger partial charge in [0.25, 0.3) is 5.91 Å². The van der Waals surface area contributed by atoms with Crippen molar-refractivity contribution >= 4 is 5.91 Å². The van der Waals surface area contributed by atoms with Crippen molar-refractivity contribution in [1.82, 2.24) is 5.32 Å². The maximum absolute atomic E-state index is 11.6. The molecule has 1 saturated heterocycles. The van der Waals surface area contributed by atoms with E-state index in [4.69, 9.17) is 9.84 Å². The van der Waals surface area contributed by atoms with Gasteiger partial charge in [0.1, 0.15) is 0 Å². The van der Waals surface area contributed by atoms with E-state index < -0.39 is 0 Å². The van der Waals surface area contributed by atoms with E-state index in [2.05, 4.69) is 5.32 Å². The summed E-state index contributed by atoms with van der Waals surface area (Å²) in [6.45, 7) is 1.05. The normalized spacial score (nSPS) is 15.7. The fourth-order valence-corrected chi connectivity index (χ4v) is 1.25. The van der Waals surface area contributed by atoms with Crippen LogP contribution >= 0.6 is 0 Å². The molecule has 0 aromatic heterocycles. The molecular weight excluding hydrogens is 198 g/mol. The number of rotatable bonds is 2. The number of nitrogens with one attached hydrogen (secondary N) is 1. The Hall–Kier alpha value is -1.75. The summed E-state index contributed by atoms with van der Waals surface area (Å²) in [6.07, 6.45) is 0. The number of benzene rings is 1. The molecule has 1 amide bonds. The Morgan fingerprint density at radius 2 is 2.07 bits per heavy atom. The molecule has 0 atom stereocenters. The third-order valence-electron chi connectivity index (χ3n) is 2.21. The number of hydrogen-bond donors (Lipinski definition) is 3. The fourth-order valence-electron chi connectivity index (χ4n) is 1.25. The second kappa shape index (κ2) is 3.78. The van der Waals surface area contributed by atoms with Crippen molar-refractivity contribution in [3.63, 3.8) is 0 Å². The Labute approximate surface area is 86.3 Å². The van der Waals surface area contributed by atoms with Crippen LogP contribution in [0.15, 0.2) is 18.2 Å². The number of aromatic hydroxyl groups is 2. The largest absolute Gasteiger partial charge is 0.504 e. The van der Waals surface area contributed by atoms with Gasteiger partial charge >= 0.3 is 0 Å². The standard InChI is InChI=1S/C10H11NO4/c12-8-2-1-6(3-9(8)13)10(14)11-7-4-15-5-7/h1-3,7,12-13H,4-5H2,(H,11,14). The molecule has 1 fully saturated rings. The quantitative estimate of drug-likeness (QED) is 0.609. The number of ether oxygens (including phenoxy) is 1. The summed E-state index contributed by atoms with van der Waals surface area (Å²) in [5.41, 5.74) is 0.317. The molecule has 1 aromatic rings. The van der Waals surface area contributed by atoms with E-state index in [1.165, 1.54) is 18.2 Å². The molecule has 5 nitrogen and oxygen atoms in total. The highest BCUT2D eigenvalue weighted by molar-refractivity contribution is 5.95. The van der Waals surface area contributed by atoms with Crippen LogP contribution in [-0.4, -0.2) is 35.4 Å². The van der Waals surface area contributed by atoms with Gasteiger partial charge < -0.3 is 20.3 Å². The SMILES string of the molecule is O=C(NC1COC1)c1ccc(O)c(O)c1. The van der Waals surface area contributed by atoms with Gasteiger partial charge in [-0.1, -0.05) is 0 Å². The molecule has 0 aliphatic carbocycles. The molecule has 0 radical (unpaired) electrons. The Bertz CT molecular complexity index is 387. The third-order valence-corrected chi connectivity index (χ3v) is 2.21. The van der Waals surface area contributed by atoms with Gasteiger partial charge in [-0.15, -0.1) is 0 Å². The van der Waals surface area contributed by atoms with Crippen LogP contribution in [-0.2, 0) is 4.74 Å². The molecule has 3 N–H and O–H groups in total. The van der Waals surface area contributed by atoms with Crippen molar-refractivity contribution in [2.45, 2.75) is 6.04 Å². The molecule has 0 spiro atoms. The molecule has 1 aliphatic rings.